The number of hydrogen-bond donors (Lipinski definition) is 0. The van der Waals surface area contributed by atoms with Crippen LogP contribution in [0.5, 0.6) is 0 Å². The monoisotopic (exact) mass is 296 g/mol. The summed E-state index contributed by atoms with van der Waals surface area (Å²) in [5, 5.41) is 0. The van der Waals surface area contributed by atoms with Crippen LogP contribution in [0.15, 0.2) is 48.7 Å². The van der Waals surface area contributed by atoms with Crippen molar-refractivity contribution in [2.45, 2.75) is 44.8 Å². The van der Waals surface area contributed by atoms with Crippen LogP contribution in [0.1, 0.15) is 37.8 Å². The molecule has 3 nitrogen and oxygen atoms in total. The third-order valence-electron chi connectivity index (χ3n) is 4.34. The van der Waals surface area contributed by atoms with Gasteiger partial charge in [0, 0.05) is 30.7 Å². The second kappa shape index (κ2) is 7.41. The highest BCUT2D eigenvalue weighted by Gasteiger charge is 2.23. The van der Waals surface area contributed by atoms with Crippen molar-refractivity contribution in [2.24, 2.45) is 0 Å². The second-order valence-corrected chi connectivity index (χ2v) is 5.94. The van der Waals surface area contributed by atoms with Crippen molar-refractivity contribution in [3.8, 4) is 0 Å². The molecule has 3 rings (SSSR count). The van der Waals surface area contributed by atoms with Crippen molar-refractivity contribution in [3.63, 3.8) is 0 Å². The van der Waals surface area contributed by atoms with Crippen molar-refractivity contribution in [1.29, 1.82) is 0 Å². The first-order chi connectivity index (χ1) is 10.9. The van der Waals surface area contributed by atoms with Crippen LogP contribution in [0.4, 0.5) is 11.4 Å². The maximum atomic E-state index is 5.23. The van der Waals surface area contributed by atoms with Gasteiger partial charge >= 0.3 is 0 Å². The number of nitrogens with zero attached hydrogens (tertiary/aromatic N) is 2. The summed E-state index contributed by atoms with van der Waals surface area (Å²) in [5.41, 5.74) is 3.47. The van der Waals surface area contributed by atoms with Gasteiger partial charge in [-0.15, -0.1) is 0 Å². The van der Waals surface area contributed by atoms with Crippen LogP contribution in [-0.2, 0) is 11.3 Å². The number of pyridine rings is 1. The Balaban J connectivity index is 1.95. The summed E-state index contributed by atoms with van der Waals surface area (Å²) in [6.45, 7) is 0.557. The maximum Gasteiger partial charge on any atom is 0.0884 e. The largest absolute Gasteiger partial charge is 0.378 e. The van der Waals surface area contributed by atoms with Crippen molar-refractivity contribution in [2.75, 3.05) is 12.0 Å². The predicted octanol–water partition coefficient (Wildman–Crippen LogP) is 4.70. The molecule has 3 heteroatoms. The van der Waals surface area contributed by atoms with Gasteiger partial charge in [0.1, 0.15) is 0 Å². The van der Waals surface area contributed by atoms with Gasteiger partial charge in [-0.2, -0.15) is 0 Å². The first-order valence-electron chi connectivity index (χ1n) is 8.16. The molecule has 0 aliphatic heterocycles. The molecular formula is C19H24N2O. The number of para-hydroxylation sites is 1. The van der Waals surface area contributed by atoms with Crippen LogP contribution >= 0.6 is 0 Å². The minimum Gasteiger partial charge on any atom is -0.378 e. The third-order valence-corrected chi connectivity index (χ3v) is 4.34. The zero-order chi connectivity index (χ0) is 15.2. The molecule has 0 bridgehead atoms. The molecule has 1 aliphatic carbocycles. The van der Waals surface area contributed by atoms with Crippen LogP contribution in [0.2, 0.25) is 0 Å². The van der Waals surface area contributed by atoms with Crippen molar-refractivity contribution in [3.05, 3.63) is 54.4 Å². The first kappa shape index (κ1) is 15.0. The van der Waals surface area contributed by atoms with Crippen LogP contribution < -0.4 is 4.90 Å². The van der Waals surface area contributed by atoms with Crippen LogP contribution in [0.3, 0.4) is 0 Å². The normalized spacial score (nSPS) is 15.7. The van der Waals surface area contributed by atoms with E-state index in [0.717, 1.165) is 5.69 Å². The lowest BCUT2D eigenvalue weighted by atomic mass is 9.93. The fourth-order valence-electron chi connectivity index (χ4n) is 3.34. The number of benzene rings is 1. The second-order valence-electron chi connectivity index (χ2n) is 5.94. The average molecular weight is 296 g/mol. The zero-order valence-electron chi connectivity index (χ0n) is 13.2. The van der Waals surface area contributed by atoms with E-state index < -0.39 is 0 Å². The number of aromatic nitrogens is 1. The standard InChI is InChI=1S/C19H24N2O/c1-22-15-16-14-19(12-13-20-16)21(17-8-4-2-5-9-17)18-10-6-3-7-11-18/h2,4-5,8-9,12-14,18H,3,6-7,10-11,15H2,1H3. The molecule has 0 spiro atoms. The van der Waals surface area contributed by atoms with Gasteiger partial charge in [0.2, 0.25) is 0 Å². The summed E-state index contributed by atoms with van der Waals surface area (Å²) in [6.07, 6.45) is 8.43. The molecule has 0 amide bonds. The Labute approximate surface area is 132 Å². The molecule has 0 unspecified atom stereocenters. The zero-order valence-corrected chi connectivity index (χ0v) is 13.2. The molecule has 0 saturated heterocycles. The lowest BCUT2D eigenvalue weighted by Gasteiger charge is -2.36. The van der Waals surface area contributed by atoms with Crippen LogP contribution in [0, 0.1) is 0 Å². The minimum absolute atomic E-state index is 0.557. The Morgan fingerprint density at radius 2 is 1.82 bits per heavy atom. The van der Waals surface area contributed by atoms with Gasteiger partial charge in [0.25, 0.3) is 0 Å². The van der Waals surface area contributed by atoms with E-state index in [1.807, 2.05) is 6.20 Å². The summed E-state index contributed by atoms with van der Waals surface area (Å²) in [6, 6.07) is 15.5. The van der Waals surface area contributed by atoms with Gasteiger partial charge in [-0.1, -0.05) is 37.5 Å². The number of methoxy groups -OCH3 is 1. The highest BCUT2D eigenvalue weighted by atomic mass is 16.5. The number of anilines is 2. The molecule has 0 atom stereocenters. The van der Waals surface area contributed by atoms with Crippen LogP contribution in [0.25, 0.3) is 0 Å². The smallest absolute Gasteiger partial charge is 0.0884 e. The Kier molecular flexibility index (Phi) is 5.07. The molecule has 1 heterocycles. The molecule has 1 aromatic carbocycles. The number of hydrogen-bond acceptors (Lipinski definition) is 3. The molecule has 2 aromatic rings. The summed E-state index contributed by atoms with van der Waals surface area (Å²) in [7, 11) is 1.71. The third kappa shape index (κ3) is 3.47. The van der Waals surface area contributed by atoms with Crippen LogP contribution in [-0.4, -0.2) is 18.1 Å². The molecule has 1 aromatic heterocycles. The number of rotatable bonds is 5. The van der Waals surface area contributed by atoms with E-state index in [1.54, 1.807) is 7.11 Å². The Morgan fingerprint density at radius 1 is 1.05 bits per heavy atom. The van der Waals surface area contributed by atoms with E-state index in [-0.39, 0.29) is 0 Å². The van der Waals surface area contributed by atoms with Gasteiger partial charge in [0.05, 0.1) is 12.3 Å². The molecule has 0 radical (unpaired) electrons. The SMILES string of the molecule is COCc1cc(N(c2ccccc2)C2CCCCC2)ccn1. The minimum atomic E-state index is 0.557. The fourth-order valence-corrected chi connectivity index (χ4v) is 3.34. The highest BCUT2D eigenvalue weighted by molar-refractivity contribution is 5.64. The lowest BCUT2D eigenvalue weighted by Crippen LogP contribution is -2.33. The van der Waals surface area contributed by atoms with E-state index in [4.69, 9.17) is 4.74 Å². The van der Waals surface area contributed by atoms with Gasteiger partial charge in [0.15, 0.2) is 0 Å². The summed E-state index contributed by atoms with van der Waals surface area (Å²) in [5.74, 6) is 0. The molecule has 0 N–H and O–H groups in total. The van der Waals surface area contributed by atoms with E-state index in [2.05, 4.69) is 52.3 Å². The molecule has 1 saturated carbocycles. The van der Waals surface area contributed by atoms with Crippen molar-refractivity contribution >= 4 is 11.4 Å². The number of ether oxygens (including phenoxy) is 1. The Morgan fingerprint density at radius 3 is 2.55 bits per heavy atom. The summed E-state index contributed by atoms with van der Waals surface area (Å²) < 4.78 is 5.23. The first-order valence-corrected chi connectivity index (χ1v) is 8.16. The van der Waals surface area contributed by atoms with E-state index >= 15 is 0 Å². The summed E-state index contributed by atoms with van der Waals surface area (Å²) in [4.78, 5) is 6.88. The highest BCUT2D eigenvalue weighted by Crippen LogP contribution is 2.34. The van der Waals surface area contributed by atoms with Gasteiger partial charge in [-0.3, -0.25) is 4.98 Å². The average Bonchev–Trinajstić information content (AvgIpc) is 2.58. The maximum absolute atomic E-state index is 5.23. The van der Waals surface area contributed by atoms with Crippen molar-refractivity contribution < 1.29 is 4.74 Å². The molecular weight excluding hydrogens is 272 g/mol. The molecule has 22 heavy (non-hydrogen) atoms. The lowest BCUT2D eigenvalue weighted by molar-refractivity contribution is 0.181. The van der Waals surface area contributed by atoms with Gasteiger partial charge < -0.3 is 9.64 Å². The van der Waals surface area contributed by atoms with E-state index in [1.165, 1.54) is 43.5 Å². The Hall–Kier alpha value is -1.87. The molecule has 1 fully saturated rings. The molecule has 116 valence electrons. The summed E-state index contributed by atoms with van der Waals surface area (Å²) >= 11 is 0. The predicted molar refractivity (Wildman–Crippen MR) is 90.4 cm³/mol. The fraction of sp³-hybridized carbons (Fsp3) is 0.421. The van der Waals surface area contributed by atoms with E-state index in [0.29, 0.717) is 12.6 Å². The van der Waals surface area contributed by atoms with E-state index in [9.17, 15) is 0 Å². The van der Waals surface area contributed by atoms with Gasteiger partial charge in [-0.25, -0.2) is 0 Å². The Bertz CT molecular complexity index is 579. The topological polar surface area (TPSA) is 25.4 Å². The quantitative estimate of drug-likeness (QED) is 0.799. The molecule has 1 aliphatic rings. The van der Waals surface area contributed by atoms with Gasteiger partial charge in [-0.05, 0) is 37.1 Å². The van der Waals surface area contributed by atoms with Crippen molar-refractivity contribution in [1.82, 2.24) is 4.98 Å².